The number of nitrogens with zero attached hydrogens (tertiary/aromatic N) is 3. The van der Waals surface area contributed by atoms with Crippen molar-refractivity contribution in [2.75, 3.05) is 46.4 Å². The molecule has 2 heterocycles. The van der Waals surface area contributed by atoms with Crippen molar-refractivity contribution in [3.8, 4) is 0 Å². The number of esters is 1. The fourth-order valence-corrected chi connectivity index (χ4v) is 4.73. The number of amides is 4. The molecule has 0 aromatic heterocycles. The molecule has 9 nitrogen and oxygen atoms in total. The van der Waals surface area contributed by atoms with Crippen molar-refractivity contribution in [3.63, 3.8) is 0 Å². The summed E-state index contributed by atoms with van der Waals surface area (Å²) in [5.41, 5.74) is 1.36. The molecule has 2 aliphatic rings. The molecule has 2 atom stereocenters. The van der Waals surface area contributed by atoms with E-state index in [1.54, 1.807) is 37.1 Å². The molecule has 4 amide bonds. The Kier molecular flexibility index (Phi) is 8.67. The van der Waals surface area contributed by atoms with Crippen molar-refractivity contribution >= 4 is 41.2 Å². The molecular weight excluding hydrogens is 481 g/mol. The highest BCUT2D eigenvalue weighted by Gasteiger charge is 2.39. The minimum absolute atomic E-state index is 0.0344. The summed E-state index contributed by atoms with van der Waals surface area (Å²) < 4.78 is 5.37. The zero-order valence-electron chi connectivity index (χ0n) is 19.9. The minimum Gasteiger partial charge on any atom is -0.463 e. The topological polar surface area (TPSA) is 94.2 Å². The number of halogens is 2. The van der Waals surface area contributed by atoms with Crippen LogP contribution in [-0.4, -0.2) is 85.2 Å². The summed E-state index contributed by atoms with van der Waals surface area (Å²) in [4.78, 5) is 43.7. The lowest BCUT2D eigenvalue weighted by atomic mass is 9.94. The van der Waals surface area contributed by atoms with Crippen LogP contribution in [0.1, 0.15) is 32.4 Å². The van der Waals surface area contributed by atoms with E-state index in [0.717, 1.165) is 0 Å². The van der Waals surface area contributed by atoms with E-state index in [9.17, 15) is 14.4 Å². The number of benzene rings is 1. The minimum atomic E-state index is -0.807. The molecule has 1 aromatic rings. The van der Waals surface area contributed by atoms with Crippen molar-refractivity contribution in [1.82, 2.24) is 25.3 Å². The quantitative estimate of drug-likeness (QED) is 0.571. The Hall–Kier alpha value is -2.49. The van der Waals surface area contributed by atoms with Gasteiger partial charge in [0.05, 0.1) is 28.3 Å². The van der Waals surface area contributed by atoms with Crippen LogP contribution in [0.25, 0.3) is 0 Å². The maximum Gasteiger partial charge on any atom is 0.338 e. The first-order chi connectivity index (χ1) is 16.2. The average molecular weight is 512 g/mol. The van der Waals surface area contributed by atoms with Gasteiger partial charge in [-0.3, -0.25) is 9.80 Å². The number of carbonyl (C=O) groups excluding carboxylic acids is 3. The van der Waals surface area contributed by atoms with Gasteiger partial charge in [-0.15, -0.1) is 0 Å². The van der Waals surface area contributed by atoms with Gasteiger partial charge in [-0.1, -0.05) is 35.3 Å². The molecular formula is C23H31Cl2N5O4. The molecule has 1 aromatic carbocycles. The first-order valence-corrected chi connectivity index (χ1v) is 12.1. The van der Waals surface area contributed by atoms with E-state index in [1.807, 2.05) is 13.8 Å². The van der Waals surface area contributed by atoms with E-state index in [-0.39, 0.29) is 29.7 Å². The molecule has 0 radical (unpaired) electrons. The summed E-state index contributed by atoms with van der Waals surface area (Å²) >= 11 is 12.7. The van der Waals surface area contributed by atoms with Gasteiger partial charge in [-0.05, 0) is 32.4 Å². The number of carbonyl (C=O) groups is 3. The summed E-state index contributed by atoms with van der Waals surface area (Å²) in [6.45, 7) is 8.40. The van der Waals surface area contributed by atoms with Crippen LogP contribution in [0.3, 0.4) is 0 Å². The Morgan fingerprint density at radius 3 is 2.62 bits per heavy atom. The smallest absolute Gasteiger partial charge is 0.338 e. The summed E-state index contributed by atoms with van der Waals surface area (Å²) in [5, 5.41) is 6.29. The van der Waals surface area contributed by atoms with Crippen molar-refractivity contribution < 1.29 is 19.1 Å². The normalized spacial score (nSPS) is 21.4. The van der Waals surface area contributed by atoms with Crippen LogP contribution in [0.5, 0.6) is 0 Å². The molecule has 0 saturated carbocycles. The molecule has 1 fully saturated rings. The zero-order valence-corrected chi connectivity index (χ0v) is 21.4. The van der Waals surface area contributed by atoms with Crippen LogP contribution >= 0.6 is 23.2 Å². The molecule has 11 heteroatoms. The number of likely N-dealkylation sites (N-methyl/N-ethyl adjacent to an activating group) is 1. The van der Waals surface area contributed by atoms with E-state index in [4.69, 9.17) is 27.9 Å². The molecule has 0 bridgehead atoms. The van der Waals surface area contributed by atoms with Gasteiger partial charge in [0.1, 0.15) is 0 Å². The van der Waals surface area contributed by atoms with Gasteiger partial charge in [0.15, 0.2) is 0 Å². The number of rotatable bonds is 6. The number of hydrogen-bond donors (Lipinski definition) is 2. The van der Waals surface area contributed by atoms with Crippen LogP contribution in [-0.2, 0) is 9.53 Å². The first kappa shape index (κ1) is 26.1. The Morgan fingerprint density at radius 2 is 1.97 bits per heavy atom. The highest BCUT2D eigenvalue weighted by Crippen LogP contribution is 2.37. The number of piperazine rings is 1. The zero-order chi connectivity index (χ0) is 25.0. The van der Waals surface area contributed by atoms with Crippen molar-refractivity contribution in [2.45, 2.75) is 32.9 Å². The van der Waals surface area contributed by atoms with Crippen LogP contribution in [0.2, 0.25) is 10.0 Å². The van der Waals surface area contributed by atoms with E-state index >= 15 is 0 Å². The molecule has 0 aliphatic carbocycles. The van der Waals surface area contributed by atoms with Gasteiger partial charge in [0.2, 0.25) is 0 Å². The van der Waals surface area contributed by atoms with Gasteiger partial charge in [-0.2, -0.15) is 0 Å². The molecule has 3 rings (SSSR count). The average Bonchev–Trinajstić information content (AvgIpc) is 2.79. The van der Waals surface area contributed by atoms with Crippen molar-refractivity contribution in [3.05, 3.63) is 45.1 Å². The lowest BCUT2D eigenvalue weighted by Crippen LogP contribution is -2.57. The molecule has 34 heavy (non-hydrogen) atoms. The van der Waals surface area contributed by atoms with E-state index < -0.39 is 12.0 Å². The monoisotopic (exact) mass is 511 g/mol. The number of hydrogen-bond acceptors (Lipinski definition) is 5. The Labute approximate surface area is 210 Å². The van der Waals surface area contributed by atoms with Crippen LogP contribution in [0.15, 0.2) is 29.5 Å². The summed E-state index contributed by atoms with van der Waals surface area (Å²) in [6, 6.07) is 3.80. The fraction of sp³-hybridized carbons (Fsp3) is 0.522. The maximum atomic E-state index is 13.1. The standard InChI is InChI=1S/C23H31Cl2N5O4/c1-5-26-22(32)30-11-10-29(12-14(30)3)13-17-18(21(31)34-6-2)20(27-23(33)28(17)4)15-8-7-9-16(24)19(15)25/h7-9,14,20H,5-6,10-13H2,1-4H3,(H,26,32)(H,27,33)/t14-,20+/m0/s1. The molecule has 2 N–H and O–H groups in total. The second-order valence-electron chi connectivity index (χ2n) is 8.28. The molecule has 0 unspecified atom stereocenters. The van der Waals surface area contributed by atoms with E-state index in [2.05, 4.69) is 15.5 Å². The highest BCUT2D eigenvalue weighted by molar-refractivity contribution is 6.42. The summed E-state index contributed by atoms with van der Waals surface area (Å²) in [6.07, 6.45) is 0. The molecule has 2 aliphatic heterocycles. The predicted molar refractivity (Wildman–Crippen MR) is 131 cm³/mol. The molecule has 1 saturated heterocycles. The van der Waals surface area contributed by atoms with Gasteiger partial charge < -0.3 is 20.3 Å². The van der Waals surface area contributed by atoms with Gasteiger partial charge in [-0.25, -0.2) is 14.4 Å². The van der Waals surface area contributed by atoms with Crippen molar-refractivity contribution in [2.24, 2.45) is 0 Å². The second-order valence-corrected chi connectivity index (χ2v) is 9.06. The van der Waals surface area contributed by atoms with Crippen LogP contribution in [0, 0.1) is 0 Å². The molecule has 0 spiro atoms. The highest BCUT2D eigenvalue weighted by atomic mass is 35.5. The fourth-order valence-electron chi connectivity index (χ4n) is 4.32. The lowest BCUT2D eigenvalue weighted by molar-refractivity contribution is -0.139. The number of ether oxygens (including phenoxy) is 1. The third-order valence-corrected chi connectivity index (χ3v) is 6.87. The van der Waals surface area contributed by atoms with E-state index in [1.165, 1.54) is 4.90 Å². The maximum absolute atomic E-state index is 13.1. The van der Waals surface area contributed by atoms with Gasteiger partial charge >= 0.3 is 18.0 Å². The Bertz CT molecular complexity index is 986. The lowest BCUT2D eigenvalue weighted by Gasteiger charge is -2.42. The Morgan fingerprint density at radius 1 is 1.24 bits per heavy atom. The van der Waals surface area contributed by atoms with E-state index in [0.29, 0.717) is 54.6 Å². The third-order valence-electron chi connectivity index (χ3n) is 6.04. The van der Waals surface area contributed by atoms with Crippen LogP contribution in [0.4, 0.5) is 9.59 Å². The SMILES string of the molecule is CCNC(=O)N1CCN(CC2=C(C(=O)OCC)[C@@H](c3cccc(Cl)c3Cl)NC(=O)N2C)C[C@@H]1C. The van der Waals surface area contributed by atoms with Gasteiger partial charge in [0, 0.05) is 51.5 Å². The number of urea groups is 2. The number of nitrogens with one attached hydrogen (secondary N) is 2. The largest absolute Gasteiger partial charge is 0.463 e. The summed E-state index contributed by atoms with van der Waals surface area (Å²) in [5.74, 6) is -0.528. The first-order valence-electron chi connectivity index (χ1n) is 11.3. The van der Waals surface area contributed by atoms with Crippen LogP contribution < -0.4 is 10.6 Å². The molecule has 186 valence electrons. The third kappa shape index (κ3) is 5.42. The Balaban J connectivity index is 1.97. The van der Waals surface area contributed by atoms with Crippen molar-refractivity contribution in [1.29, 1.82) is 0 Å². The van der Waals surface area contributed by atoms with Gasteiger partial charge in [0.25, 0.3) is 0 Å². The second kappa shape index (κ2) is 11.3. The summed E-state index contributed by atoms with van der Waals surface area (Å²) in [7, 11) is 1.62. The predicted octanol–water partition coefficient (Wildman–Crippen LogP) is 3.24.